The van der Waals surface area contributed by atoms with E-state index in [0.717, 1.165) is 5.76 Å². The minimum absolute atomic E-state index is 0.231. The highest BCUT2D eigenvalue weighted by Gasteiger charge is 2.18. The number of oxazole rings is 1. The fourth-order valence-electron chi connectivity index (χ4n) is 1.84. The van der Waals surface area contributed by atoms with Crippen LogP contribution < -0.4 is 0 Å². The van der Waals surface area contributed by atoms with Gasteiger partial charge in [-0.1, -0.05) is 13.0 Å². The summed E-state index contributed by atoms with van der Waals surface area (Å²) >= 11 is 0. The van der Waals surface area contributed by atoms with Crippen LogP contribution in [0.25, 0.3) is 0 Å². The summed E-state index contributed by atoms with van der Waals surface area (Å²) in [4.78, 5) is 20.3. The summed E-state index contributed by atoms with van der Waals surface area (Å²) in [5.74, 6) is 1.10. The summed E-state index contributed by atoms with van der Waals surface area (Å²) in [7, 11) is 1.60. The van der Waals surface area contributed by atoms with Crippen molar-refractivity contribution in [3.63, 3.8) is 0 Å². The third-order valence-corrected chi connectivity index (χ3v) is 2.77. The Balaban J connectivity index is 2.21. The molecule has 0 radical (unpaired) electrons. The lowest BCUT2D eigenvalue weighted by atomic mass is 10.1. The van der Waals surface area contributed by atoms with E-state index in [4.69, 9.17) is 9.15 Å². The highest BCUT2D eigenvalue weighted by atomic mass is 16.5. The van der Waals surface area contributed by atoms with Crippen molar-refractivity contribution in [2.24, 2.45) is 4.99 Å². The van der Waals surface area contributed by atoms with Crippen LogP contribution in [0.2, 0.25) is 0 Å². The Hall–Kier alpha value is -2.17. The normalized spacial score (nSPS) is 16.6. The summed E-state index contributed by atoms with van der Waals surface area (Å²) in [6.07, 6.45) is 6.59. The molecule has 0 unspecified atom stereocenters. The molecular weight excluding hydrogens is 244 g/mol. The van der Waals surface area contributed by atoms with Crippen LogP contribution in [-0.4, -0.2) is 23.7 Å². The van der Waals surface area contributed by atoms with Gasteiger partial charge in [-0.2, -0.15) is 0 Å². The number of aliphatic imine (C=N–C) groups is 1. The first-order valence-corrected chi connectivity index (χ1v) is 6.13. The number of methoxy groups -OCH3 is 1. The third-order valence-electron chi connectivity index (χ3n) is 2.77. The zero-order valence-corrected chi connectivity index (χ0v) is 11.3. The molecule has 0 bridgehead atoms. The number of nitrogens with zero attached hydrogens (tertiary/aromatic N) is 2. The SMILES string of the molecule is CCc1nc(C)oc1C(=O)N=C1C=CC=C(OC)C1. The third kappa shape index (κ3) is 2.99. The molecule has 5 heteroatoms. The fourth-order valence-corrected chi connectivity index (χ4v) is 1.84. The van der Waals surface area contributed by atoms with Crippen LogP contribution in [0.4, 0.5) is 0 Å². The number of hydrogen-bond donors (Lipinski definition) is 0. The molecule has 0 aromatic carbocycles. The molecule has 1 amide bonds. The second-order valence-electron chi connectivity index (χ2n) is 4.14. The molecule has 0 N–H and O–H groups in total. The van der Waals surface area contributed by atoms with Crippen LogP contribution in [0.1, 0.15) is 35.5 Å². The average Bonchev–Trinajstić information content (AvgIpc) is 2.80. The minimum atomic E-state index is -0.394. The van der Waals surface area contributed by atoms with Crippen molar-refractivity contribution in [2.75, 3.05) is 7.11 Å². The number of aromatic nitrogens is 1. The fraction of sp³-hybridized carbons (Fsp3) is 0.357. The van der Waals surface area contributed by atoms with E-state index in [1.54, 1.807) is 26.2 Å². The van der Waals surface area contributed by atoms with Gasteiger partial charge in [-0.15, -0.1) is 0 Å². The molecule has 1 aromatic heterocycles. The molecule has 0 fully saturated rings. The second-order valence-corrected chi connectivity index (χ2v) is 4.14. The largest absolute Gasteiger partial charge is 0.501 e. The van der Waals surface area contributed by atoms with Crippen molar-refractivity contribution < 1.29 is 13.9 Å². The molecule has 1 aliphatic rings. The smallest absolute Gasteiger partial charge is 0.314 e. The van der Waals surface area contributed by atoms with Crippen molar-refractivity contribution in [3.8, 4) is 0 Å². The molecule has 1 aliphatic carbocycles. The summed E-state index contributed by atoms with van der Waals surface area (Å²) in [6, 6.07) is 0. The van der Waals surface area contributed by atoms with E-state index in [0.29, 0.717) is 30.1 Å². The van der Waals surface area contributed by atoms with Crippen molar-refractivity contribution in [3.05, 3.63) is 41.3 Å². The number of amides is 1. The summed E-state index contributed by atoms with van der Waals surface area (Å²) in [5, 5.41) is 0. The predicted octanol–water partition coefficient (Wildman–Crippen LogP) is 2.62. The first kappa shape index (κ1) is 13.3. The van der Waals surface area contributed by atoms with Gasteiger partial charge in [-0.05, 0) is 18.6 Å². The Morgan fingerprint density at radius 1 is 1.58 bits per heavy atom. The van der Waals surface area contributed by atoms with Crippen LogP contribution >= 0.6 is 0 Å². The Bertz CT molecular complexity index is 580. The van der Waals surface area contributed by atoms with Gasteiger partial charge in [0.25, 0.3) is 0 Å². The standard InChI is InChI=1S/C14H16N2O3/c1-4-12-13(19-9(2)15-12)14(17)16-10-6-5-7-11(8-10)18-3/h5-7H,4,8H2,1-3H3. The Kier molecular flexibility index (Phi) is 3.94. The van der Waals surface area contributed by atoms with E-state index in [1.807, 2.05) is 13.0 Å². The van der Waals surface area contributed by atoms with Crippen molar-refractivity contribution >= 4 is 11.6 Å². The van der Waals surface area contributed by atoms with Gasteiger partial charge in [0.05, 0.1) is 18.5 Å². The van der Waals surface area contributed by atoms with Crippen molar-refractivity contribution in [2.45, 2.75) is 26.7 Å². The summed E-state index contributed by atoms with van der Waals surface area (Å²) < 4.78 is 10.5. The Morgan fingerprint density at radius 2 is 2.37 bits per heavy atom. The van der Waals surface area contributed by atoms with Gasteiger partial charge in [-0.25, -0.2) is 9.98 Å². The molecule has 19 heavy (non-hydrogen) atoms. The Morgan fingerprint density at radius 3 is 3.05 bits per heavy atom. The number of carbonyl (C=O) groups excluding carboxylic acids is 1. The van der Waals surface area contributed by atoms with Gasteiger partial charge in [0.1, 0.15) is 5.76 Å². The molecule has 0 spiro atoms. The quantitative estimate of drug-likeness (QED) is 0.838. The molecule has 100 valence electrons. The lowest BCUT2D eigenvalue weighted by molar-refractivity contribution is 0.0974. The molecule has 0 atom stereocenters. The van der Waals surface area contributed by atoms with Crippen LogP contribution in [0.5, 0.6) is 0 Å². The lowest BCUT2D eigenvalue weighted by Gasteiger charge is -2.08. The van der Waals surface area contributed by atoms with E-state index in [9.17, 15) is 4.79 Å². The number of allylic oxidation sites excluding steroid dienone is 4. The van der Waals surface area contributed by atoms with E-state index < -0.39 is 5.91 Å². The molecular formula is C14H16N2O3. The minimum Gasteiger partial charge on any atom is -0.501 e. The molecule has 0 saturated carbocycles. The highest BCUT2D eigenvalue weighted by Crippen LogP contribution is 2.15. The van der Waals surface area contributed by atoms with Gasteiger partial charge in [0.2, 0.25) is 5.76 Å². The van der Waals surface area contributed by atoms with Crippen molar-refractivity contribution in [1.29, 1.82) is 0 Å². The highest BCUT2D eigenvalue weighted by molar-refractivity contribution is 6.08. The van der Waals surface area contributed by atoms with Crippen molar-refractivity contribution in [1.82, 2.24) is 4.98 Å². The van der Waals surface area contributed by atoms with E-state index in [1.165, 1.54) is 0 Å². The maximum atomic E-state index is 12.1. The molecule has 1 aromatic rings. The van der Waals surface area contributed by atoms with E-state index in [-0.39, 0.29) is 5.76 Å². The molecule has 1 heterocycles. The zero-order chi connectivity index (χ0) is 13.8. The molecule has 5 nitrogen and oxygen atoms in total. The van der Waals surface area contributed by atoms with Crippen LogP contribution in [0, 0.1) is 6.92 Å². The van der Waals surface area contributed by atoms with Gasteiger partial charge in [-0.3, -0.25) is 4.79 Å². The van der Waals surface area contributed by atoms with Gasteiger partial charge < -0.3 is 9.15 Å². The first-order chi connectivity index (χ1) is 9.13. The number of aryl methyl sites for hydroxylation is 2. The monoisotopic (exact) mass is 260 g/mol. The molecule has 0 saturated heterocycles. The van der Waals surface area contributed by atoms with Gasteiger partial charge in [0.15, 0.2) is 5.89 Å². The number of hydrogen-bond acceptors (Lipinski definition) is 4. The van der Waals surface area contributed by atoms with E-state index >= 15 is 0 Å². The number of ether oxygens (including phenoxy) is 1. The van der Waals surface area contributed by atoms with E-state index in [2.05, 4.69) is 9.98 Å². The molecule has 2 rings (SSSR count). The number of rotatable bonds is 3. The Labute approximate surface area is 111 Å². The van der Waals surface area contributed by atoms with Crippen LogP contribution in [0.15, 0.2) is 33.4 Å². The summed E-state index contributed by atoms with van der Waals surface area (Å²) in [6.45, 7) is 3.64. The predicted molar refractivity (Wildman–Crippen MR) is 71.2 cm³/mol. The average molecular weight is 260 g/mol. The number of carbonyl (C=O) groups is 1. The lowest BCUT2D eigenvalue weighted by Crippen LogP contribution is -2.07. The first-order valence-electron chi connectivity index (χ1n) is 6.13. The second kappa shape index (κ2) is 5.65. The maximum Gasteiger partial charge on any atom is 0.314 e. The maximum absolute atomic E-state index is 12.1. The zero-order valence-electron chi connectivity index (χ0n) is 11.3. The van der Waals surface area contributed by atoms with Crippen LogP contribution in [-0.2, 0) is 11.2 Å². The topological polar surface area (TPSA) is 64.7 Å². The van der Waals surface area contributed by atoms with Crippen LogP contribution in [0.3, 0.4) is 0 Å². The van der Waals surface area contributed by atoms with Gasteiger partial charge in [0, 0.05) is 13.3 Å². The summed E-state index contributed by atoms with van der Waals surface area (Å²) in [5.41, 5.74) is 1.30. The molecule has 0 aliphatic heterocycles. The van der Waals surface area contributed by atoms with Gasteiger partial charge >= 0.3 is 5.91 Å².